The molecule has 1 atom stereocenters. The molecule has 0 aliphatic carbocycles. The zero-order valence-electron chi connectivity index (χ0n) is 11.9. The second-order valence-electron chi connectivity index (χ2n) is 6.00. The van der Waals surface area contributed by atoms with E-state index in [1.54, 1.807) is 4.68 Å². The van der Waals surface area contributed by atoms with Crippen LogP contribution in [-0.4, -0.2) is 27.5 Å². The first kappa shape index (κ1) is 15.5. The first-order valence-corrected chi connectivity index (χ1v) is 6.64. The van der Waals surface area contributed by atoms with Crippen LogP contribution in [0.4, 0.5) is 0 Å². The maximum atomic E-state index is 9.39. The van der Waals surface area contributed by atoms with E-state index in [9.17, 15) is 5.11 Å². The number of hydrogen-bond acceptors (Lipinski definition) is 3. The first-order chi connectivity index (χ1) is 8.24. The molecular weight excluding hydrogens is 250 g/mol. The number of aliphatic hydroxyl groups excluding tert-OH is 1. The molecule has 0 aromatic carbocycles. The van der Waals surface area contributed by atoms with Crippen LogP contribution in [-0.2, 0) is 13.6 Å². The molecule has 1 heterocycles. The molecule has 0 bridgehead atoms. The highest BCUT2D eigenvalue weighted by Gasteiger charge is 2.19. The van der Waals surface area contributed by atoms with Gasteiger partial charge < -0.3 is 10.4 Å². The van der Waals surface area contributed by atoms with Crippen molar-refractivity contribution in [3.8, 4) is 0 Å². The molecule has 1 unspecified atom stereocenters. The van der Waals surface area contributed by atoms with E-state index < -0.39 is 0 Å². The minimum atomic E-state index is 0.0840. The largest absolute Gasteiger partial charge is 0.395 e. The van der Waals surface area contributed by atoms with Gasteiger partial charge in [0.25, 0.3) is 0 Å². The molecule has 0 amide bonds. The third kappa shape index (κ3) is 4.26. The maximum Gasteiger partial charge on any atom is 0.131 e. The molecule has 0 radical (unpaired) electrons. The van der Waals surface area contributed by atoms with Gasteiger partial charge in [-0.15, -0.1) is 0 Å². The second-order valence-corrected chi connectivity index (χ2v) is 6.36. The van der Waals surface area contributed by atoms with Gasteiger partial charge in [0, 0.05) is 25.2 Å². The van der Waals surface area contributed by atoms with E-state index in [1.807, 2.05) is 14.0 Å². The fraction of sp³-hybridized carbons (Fsp3) is 0.769. The number of aryl methyl sites for hydroxylation is 2. The van der Waals surface area contributed by atoms with Gasteiger partial charge in [0.2, 0.25) is 0 Å². The Labute approximate surface area is 114 Å². The van der Waals surface area contributed by atoms with E-state index in [0.29, 0.717) is 11.7 Å². The minimum Gasteiger partial charge on any atom is -0.395 e. The summed E-state index contributed by atoms with van der Waals surface area (Å²) in [5, 5.41) is 17.7. The molecule has 4 nitrogen and oxygen atoms in total. The average molecular weight is 274 g/mol. The number of aliphatic hydroxyl groups is 1. The fourth-order valence-electron chi connectivity index (χ4n) is 2.06. The van der Waals surface area contributed by atoms with E-state index in [1.165, 1.54) is 0 Å². The van der Waals surface area contributed by atoms with E-state index in [2.05, 4.69) is 31.2 Å². The van der Waals surface area contributed by atoms with E-state index >= 15 is 0 Å². The molecule has 1 aromatic heterocycles. The van der Waals surface area contributed by atoms with E-state index in [0.717, 1.165) is 17.7 Å². The molecule has 0 saturated heterocycles. The summed E-state index contributed by atoms with van der Waals surface area (Å²) in [7, 11) is 1.83. The van der Waals surface area contributed by atoms with Crippen molar-refractivity contribution in [1.29, 1.82) is 0 Å². The highest BCUT2D eigenvalue weighted by Crippen LogP contribution is 2.22. The Balaban J connectivity index is 2.63. The molecule has 0 saturated carbocycles. The summed E-state index contributed by atoms with van der Waals surface area (Å²) >= 11 is 6.17. The number of aromatic nitrogens is 2. The van der Waals surface area contributed by atoms with Gasteiger partial charge in [-0.3, -0.25) is 4.68 Å². The van der Waals surface area contributed by atoms with E-state index in [-0.39, 0.29) is 18.1 Å². The van der Waals surface area contributed by atoms with Gasteiger partial charge >= 0.3 is 0 Å². The summed E-state index contributed by atoms with van der Waals surface area (Å²) in [6, 6.07) is 0.0840. The van der Waals surface area contributed by atoms with Crippen molar-refractivity contribution in [1.82, 2.24) is 15.1 Å². The van der Waals surface area contributed by atoms with Crippen LogP contribution in [0, 0.1) is 12.3 Å². The smallest absolute Gasteiger partial charge is 0.131 e. The summed E-state index contributed by atoms with van der Waals surface area (Å²) in [5.74, 6) is 0. The number of nitrogens with one attached hydrogen (secondary N) is 1. The molecule has 0 spiro atoms. The maximum absolute atomic E-state index is 9.39. The Hall–Kier alpha value is -0.580. The summed E-state index contributed by atoms with van der Waals surface area (Å²) in [4.78, 5) is 0. The van der Waals surface area contributed by atoms with Crippen LogP contribution in [0.3, 0.4) is 0 Å². The normalized spacial score (nSPS) is 13.9. The van der Waals surface area contributed by atoms with Crippen molar-refractivity contribution in [3.05, 3.63) is 16.4 Å². The second kappa shape index (κ2) is 6.04. The lowest BCUT2D eigenvalue weighted by molar-refractivity contribution is 0.198. The molecule has 2 N–H and O–H groups in total. The van der Waals surface area contributed by atoms with Crippen molar-refractivity contribution >= 4 is 11.6 Å². The Morgan fingerprint density at radius 2 is 2.06 bits per heavy atom. The predicted octanol–water partition coefficient (Wildman–Crippen LogP) is 2.27. The summed E-state index contributed by atoms with van der Waals surface area (Å²) in [5.41, 5.74) is 2.13. The summed E-state index contributed by atoms with van der Waals surface area (Å²) in [6.07, 6.45) is 0.917. The zero-order valence-corrected chi connectivity index (χ0v) is 12.7. The standard InChI is InChI=1S/C13H24ClN3O/c1-9-11(12(14)17(5)16-9)7-15-10(8-18)6-13(2,3)4/h10,15,18H,6-8H2,1-5H3. The summed E-state index contributed by atoms with van der Waals surface area (Å²) in [6.45, 7) is 9.22. The van der Waals surface area contributed by atoms with Crippen molar-refractivity contribution in [3.63, 3.8) is 0 Å². The van der Waals surface area contributed by atoms with Gasteiger partial charge in [0.05, 0.1) is 12.3 Å². The van der Waals surface area contributed by atoms with Crippen molar-refractivity contribution in [2.45, 2.75) is 46.7 Å². The van der Waals surface area contributed by atoms with Crippen LogP contribution in [0.1, 0.15) is 38.4 Å². The van der Waals surface area contributed by atoms with Gasteiger partial charge in [0.1, 0.15) is 5.15 Å². The lowest BCUT2D eigenvalue weighted by atomic mass is 9.88. The Morgan fingerprint density at radius 3 is 2.44 bits per heavy atom. The van der Waals surface area contributed by atoms with Gasteiger partial charge in [-0.25, -0.2) is 0 Å². The highest BCUT2D eigenvalue weighted by atomic mass is 35.5. The molecule has 0 aliphatic heterocycles. The summed E-state index contributed by atoms with van der Waals surface area (Å²) < 4.78 is 1.67. The van der Waals surface area contributed by atoms with Crippen LogP contribution in [0.15, 0.2) is 0 Å². The fourth-order valence-corrected chi connectivity index (χ4v) is 2.30. The van der Waals surface area contributed by atoms with Gasteiger partial charge in [-0.2, -0.15) is 5.10 Å². The third-order valence-electron chi connectivity index (χ3n) is 2.92. The number of nitrogens with zero attached hydrogens (tertiary/aromatic N) is 2. The Morgan fingerprint density at radius 1 is 1.44 bits per heavy atom. The van der Waals surface area contributed by atoms with Gasteiger partial charge in [-0.1, -0.05) is 32.4 Å². The molecule has 5 heteroatoms. The Kier molecular flexibility index (Phi) is 5.20. The van der Waals surface area contributed by atoms with Crippen molar-refractivity contribution in [2.75, 3.05) is 6.61 Å². The quantitative estimate of drug-likeness (QED) is 0.865. The SMILES string of the molecule is Cc1nn(C)c(Cl)c1CNC(CO)CC(C)(C)C. The number of rotatable bonds is 5. The predicted molar refractivity (Wildman–Crippen MR) is 74.7 cm³/mol. The minimum absolute atomic E-state index is 0.0840. The van der Waals surface area contributed by atoms with Gasteiger partial charge in [0.15, 0.2) is 0 Å². The van der Waals surface area contributed by atoms with E-state index in [4.69, 9.17) is 11.6 Å². The molecule has 0 aliphatic rings. The van der Waals surface area contributed by atoms with Crippen LogP contribution in [0.2, 0.25) is 5.15 Å². The third-order valence-corrected chi connectivity index (χ3v) is 3.39. The number of hydrogen-bond donors (Lipinski definition) is 2. The van der Waals surface area contributed by atoms with Crippen LogP contribution in [0.25, 0.3) is 0 Å². The average Bonchev–Trinajstić information content (AvgIpc) is 2.47. The zero-order chi connectivity index (χ0) is 13.9. The lowest BCUT2D eigenvalue weighted by Crippen LogP contribution is -2.35. The van der Waals surface area contributed by atoms with Crippen molar-refractivity contribution in [2.24, 2.45) is 12.5 Å². The topological polar surface area (TPSA) is 50.1 Å². The van der Waals surface area contributed by atoms with Crippen LogP contribution in [0.5, 0.6) is 0 Å². The molecular formula is C13H24ClN3O. The van der Waals surface area contributed by atoms with Crippen molar-refractivity contribution < 1.29 is 5.11 Å². The molecule has 1 rings (SSSR count). The molecule has 0 fully saturated rings. The monoisotopic (exact) mass is 273 g/mol. The molecule has 104 valence electrons. The first-order valence-electron chi connectivity index (χ1n) is 6.27. The lowest BCUT2D eigenvalue weighted by Gasteiger charge is -2.25. The molecule has 18 heavy (non-hydrogen) atoms. The Bertz CT molecular complexity index is 396. The van der Waals surface area contributed by atoms with Crippen LogP contribution >= 0.6 is 11.6 Å². The van der Waals surface area contributed by atoms with Crippen LogP contribution < -0.4 is 5.32 Å². The van der Waals surface area contributed by atoms with Gasteiger partial charge in [-0.05, 0) is 18.8 Å². The highest BCUT2D eigenvalue weighted by molar-refractivity contribution is 6.30. The molecule has 1 aromatic rings. The number of halogens is 1.